The third-order valence-electron chi connectivity index (χ3n) is 6.57. The fourth-order valence-corrected chi connectivity index (χ4v) is 4.90. The Morgan fingerprint density at radius 2 is 0.611 bits per heavy atom. The Hall–Kier alpha value is -4.70. The molecule has 4 heteroatoms. The van der Waals surface area contributed by atoms with Gasteiger partial charge in [-0.15, -0.1) is 0 Å². The Morgan fingerprint density at radius 3 is 0.889 bits per heavy atom. The van der Waals surface area contributed by atoms with Gasteiger partial charge in [0.2, 0.25) is 0 Å². The van der Waals surface area contributed by atoms with Gasteiger partial charge in [-0.05, 0) is 35.4 Å². The molecule has 0 aromatic heterocycles. The quantitative estimate of drug-likeness (QED) is 0.203. The van der Waals surface area contributed by atoms with E-state index in [4.69, 9.17) is 0 Å². The van der Waals surface area contributed by atoms with Crippen LogP contribution in [0, 0.1) is 0 Å². The van der Waals surface area contributed by atoms with Crippen LogP contribution in [0.2, 0.25) is 0 Å². The maximum Gasteiger partial charge on any atom is 0.119 e. The van der Waals surface area contributed by atoms with E-state index in [1.54, 1.807) is 48.5 Å². The van der Waals surface area contributed by atoms with E-state index < -0.39 is 11.8 Å². The Bertz CT molecular complexity index is 1310. The van der Waals surface area contributed by atoms with Crippen LogP contribution >= 0.6 is 0 Å². The van der Waals surface area contributed by atoms with Crippen LogP contribution in [0.15, 0.2) is 121 Å². The molecule has 0 fully saturated rings. The summed E-state index contributed by atoms with van der Waals surface area (Å²) in [6.45, 7) is 0. The van der Waals surface area contributed by atoms with Crippen molar-refractivity contribution in [2.24, 2.45) is 0 Å². The van der Waals surface area contributed by atoms with E-state index >= 15 is 0 Å². The maximum atomic E-state index is 10.8. The normalized spacial score (nSPS) is 11.2. The van der Waals surface area contributed by atoms with Crippen molar-refractivity contribution >= 4 is 0 Å². The zero-order valence-electron chi connectivity index (χ0n) is 19.5. The number of para-hydroxylation sites is 4. The summed E-state index contributed by atoms with van der Waals surface area (Å²) >= 11 is 0. The topological polar surface area (TPSA) is 80.9 Å². The van der Waals surface area contributed by atoms with Crippen LogP contribution in [-0.4, -0.2) is 20.4 Å². The molecule has 0 aliphatic carbocycles. The molecular formula is C32H26O4. The summed E-state index contributed by atoms with van der Waals surface area (Å²) in [5, 5.41) is 43.0. The fourth-order valence-electron chi connectivity index (χ4n) is 4.90. The van der Waals surface area contributed by atoms with Crippen molar-refractivity contribution < 1.29 is 20.4 Å². The van der Waals surface area contributed by atoms with Crippen molar-refractivity contribution in [1.29, 1.82) is 0 Å². The molecule has 0 bridgehead atoms. The van der Waals surface area contributed by atoms with Gasteiger partial charge in [-0.25, -0.2) is 0 Å². The lowest BCUT2D eigenvalue weighted by molar-refractivity contribution is 0.458. The first-order chi connectivity index (χ1) is 17.5. The molecule has 36 heavy (non-hydrogen) atoms. The predicted molar refractivity (Wildman–Crippen MR) is 141 cm³/mol. The van der Waals surface area contributed by atoms with Gasteiger partial charge in [0.1, 0.15) is 23.0 Å². The van der Waals surface area contributed by atoms with Crippen LogP contribution < -0.4 is 0 Å². The number of phenolic OH excluding ortho intramolecular Hbond substituents is 4. The Balaban J connectivity index is 1.73. The molecule has 0 saturated carbocycles. The predicted octanol–water partition coefficient (Wildman–Crippen LogP) is 6.87. The van der Waals surface area contributed by atoms with Crippen LogP contribution in [0.4, 0.5) is 0 Å². The number of hydrogen-bond donors (Lipinski definition) is 4. The van der Waals surface area contributed by atoms with Crippen LogP contribution in [0.5, 0.6) is 23.0 Å². The Kier molecular flexibility index (Phi) is 6.33. The van der Waals surface area contributed by atoms with E-state index in [2.05, 4.69) is 0 Å². The molecule has 0 atom stereocenters. The molecule has 0 aliphatic heterocycles. The van der Waals surface area contributed by atoms with Gasteiger partial charge in [-0.2, -0.15) is 0 Å². The molecule has 178 valence electrons. The molecule has 0 amide bonds. The number of aromatic hydroxyl groups is 4. The molecule has 4 N–H and O–H groups in total. The van der Waals surface area contributed by atoms with Gasteiger partial charge in [0.05, 0.1) is 0 Å². The van der Waals surface area contributed by atoms with Gasteiger partial charge in [0.15, 0.2) is 0 Å². The average Bonchev–Trinajstić information content (AvgIpc) is 2.89. The van der Waals surface area contributed by atoms with E-state index in [-0.39, 0.29) is 23.0 Å². The van der Waals surface area contributed by atoms with E-state index in [1.165, 1.54) is 0 Å². The lowest BCUT2D eigenvalue weighted by Gasteiger charge is -2.24. The van der Waals surface area contributed by atoms with Crippen molar-refractivity contribution in [2.75, 3.05) is 0 Å². The van der Waals surface area contributed by atoms with Crippen molar-refractivity contribution in [2.45, 2.75) is 11.8 Å². The molecular weight excluding hydrogens is 448 g/mol. The molecule has 0 aliphatic rings. The summed E-state index contributed by atoms with van der Waals surface area (Å²) < 4.78 is 0. The zero-order chi connectivity index (χ0) is 25.1. The standard InChI is InChI=1S/C32H26O4/c33-27-16-5-1-12-23(27)31(24-13-2-6-17-28(24)34)21-10-9-11-22(20-21)32(25-14-3-7-18-29(25)35)26-15-4-8-19-30(26)36/h1-20,31-36H. The molecule has 0 radical (unpaired) electrons. The second-order valence-electron chi connectivity index (χ2n) is 8.77. The molecule has 4 nitrogen and oxygen atoms in total. The highest BCUT2D eigenvalue weighted by Gasteiger charge is 2.26. The highest BCUT2D eigenvalue weighted by Crippen LogP contribution is 2.44. The highest BCUT2D eigenvalue weighted by molar-refractivity contribution is 5.56. The van der Waals surface area contributed by atoms with E-state index in [1.807, 2.05) is 72.8 Å². The summed E-state index contributed by atoms with van der Waals surface area (Å²) in [6, 6.07) is 36.3. The van der Waals surface area contributed by atoms with Gasteiger partial charge in [-0.1, -0.05) is 97.1 Å². The molecule has 0 spiro atoms. The van der Waals surface area contributed by atoms with Gasteiger partial charge >= 0.3 is 0 Å². The molecule has 0 heterocycles. The second-order valence-corrected chi connectivity index (χ2v) is 8.77. The Morgan fingerprint density at radius 1 is 0.333 bits per heavy atom. The van der Waals surface area contributed by atoms with Crippen molar-refractivity contribution in [3.8, 4) is 23.0 Å². The van der Waals surface area contributed by atoms with Crippen LogP contribution in [0.3, 0.4) is 0 Å². The second kappa shape index (κ2) is 9.88. The van der Waals surface area contributed by atoms with E-state index in [0.29, 0.717) is 22.3 Å². The lowest BCUT2D eigenvalue weighted by atomic mass is 9.80. The summed E-state index contributed by atoms with van der Waals surface area (Å²) in [5.74, 6) is -0.352. The number of rotatable bonds is 6. The molecule has 5 rings (SSSR count). The van der Waals surface area contributed by atoms with Gasteiger partial charge < -0.3 is 20.4 Å². The van der Waals surface area contributed by atoms with Gasteiger partial charge in [0, 0.05) is 34.1 Å². The smallest absolute Gasteiger partial charge is 0.119 e. The lowest BCUT2D eigenvalue weighted by Crippen LogP contribution is -2.08. The molecule has 0 saturated heterocycles. The number of benzene rings is 5. The van der Waals surface area contributed by atoms with Crippen molar-refractivity contribution in [1.82, 2.24) is 0 Å². The van der Waals surface area contributed by atoms with Crippen LogP contribution in [0.1, 0.15) is 45.2 Å². The summed E-state index contributed by atoms with van der Waals surface area (Å²) in [7, 11) is 0. The summed E-state index contributed by atoms with van der Waals surface area (Å²) in [5.41, 5.74) is 4.36. The first kappa shape index (κ1) is 23.1. The number of hydrogen-bond acceptors (Lipinski definition) is 4. The first-order valence-corrected chi connectivity index (χ1v) is 11.8. The maximum absolute atomic E-state index is 10.8. The largest absolute Gasteiger partial charge is 0.508 e. The zero-order valence-corrected chi connectivity index (χ0v) is 19.5. The highest BCUT2D eigenvalue weighted by atomic mass is 16.3. The average molecular weight is 475 g/mol. The summed E-state index contributed by atoms with van der Waals surface area (Å²) in [6.07, 6.45) is 0. The minimum atomic E-state index is -0.443. The monoisotopic (exact) mass is 474 g/mol. The fraction of sp³-hybridized carbons (Fsp3) is 0.0625. The summed E-state index contributed by atoms with van der Waals surface area (Å²) in [4.78, 5) is 0. The minimum absolute atomic E-state index is 0.133. The van der Waals surface area contributed by atoms with Crippen LogP contribution in [0.25, 0.3) is 0 Å². The van der Waals surface area contributed by atoms with Gasteiger partial charge in [-0.3, -0.25) is 0 Å². The number of phenols is 4. The van der Waals surface area contributed by atoms with E-state index in [0.717, 1.165) is 11.1 Å². The third-order valence-corrected chi connectivity index (χ3v) is 6.57. The van der Waals surface area contributed by atoms with Crippen molar-refractivity contribution in [3.05, 3.63) is 155 Å². The molecule has 0 unspecified atom stereocenters. The third kappa shape index (κ3) is 4.37. The molecule has 5 aromatic rings. The first-order valence-electron chi connectivity index (χ1n) is 11.8. The minimum Gasteiger partial charge on any atom is -0.508 e. The Labute approximate surface area is 210 Å². The van der Waals surface area contributed by atoms with Crippen LogP contribution in [-0.2, 0) is 0 Å². The van der Waals surface area contributed by atoms with E-state index in [9.17, 15) is 20.4 Å². The SMILES string of the molecule is Oc1ccccc1C(c1cccc(C(c2ccccc2O)c2ccccc2O)c1)c1ccccc1O. The molecule has 5 aromatic carbocycles. The van der Waals surface area contributed by atoms with Gasteiger partial charge in [0.25, 0.3) is 0 Å². The van der Waals surface area contributed by atoms with Crippen molar-refractivity contribution in [3.63, 3.8) is 0 Å².